The average molecular weight is 261 g/mol. The van der Waals surface area contributed by atoms with Gasteiger partial charge >= 0.3 is 0 Å². The van der Waals surface area contributed by atoms with Crippen molar-refractivity contribution in [2.45, 2.75) is 39.2 Å². The third-order valence-electron chi connectivity index (χ3n) is 2.78. The molecule has 0 fully saturated rings. The number of amides is 1. The SMILES string of the molecule is CC(O)CNC(=O)/C=C/c1ccc(C(C)(C)C)cc1. The van der Waals surface area contributed by atoms with E-state index in [-0.39, 0.29) is 17.9 Å². The molecule has 0 aromatic heterocycles. The summed E-state index contributed by atoms with van der Waals surface area (Å²) < 4.78 is 0. The lowest BCUT2D eigenvalue weighted by molar-refractivity contribution is -0.116. The molecule has 1 aromatic carbocycles. The molecule has 1 atom stereocenters. The van der Waals surface area contributed by atoms with E-state index in [1.165, 1.54) is 11.6 Å². The van der Waals surface area contributed by atoms with Gasteiger partial charge in [0.2, 0.25) is 5.91 Å². The van der Waals surface area contributed by atoms with E-state index in [0.29, 0.717) is 0 Å². The summed E-state index contributed by atoms with van der Waals surface area (Å²) >= 11 is 0. The van der Waals surface area contributed by atoms with Crippen LogP contribution in [-0.2, 0) is 10.2 Å². The van der Waals surface area contributed by atoms with E-state index in [9.17, 15) is 4.79 Å². The number of carbonyl (C=O) groups excluding carboxylic acids is 1. The zero-order valence-corrected chi connectivity index (χ0v) is 12.1. The van der Waals surface area contributed by atoms with Crippen molar-refractivity contribution >= 4 is 12.0 Å². The van der Waals surface area contributed by atoms with Gasteiger partial charge in [-0.2, -0.15) is 0 Å². The van der Waals surface area contributed by atoms with Crippen molar-refractivity contribution in [3.05, 3.63) is 41.5 Å². The fourth-order valence-electron chi connectivity index (χ4n) is 1.57. The molecule has 0 aliphatic rings. The maximum absolute atomic E-state index is 11.4. The van der Waals surface area contributed by atoms with Crippen LogP contribution in [0.1, 0.15) is 38.8 Å². The highest BCUT2D eigenvalue weighted by Crippen LogP contribution is 2.22. The molecule has 3 heteroatoms. The molecular weight excluding hydrogens is 238 g/mol. The second-order valence-electron chi connectivity index (χ2n) is 5.80. The average Bonchev–Trinajstić information content (AvgIpc) is 2.33. The molecule has 3 nitrogen and oxygen atoms in total. The monoisotopic (exact) mass is 261 g/mol. The van der Waals surface area contributed by atoms with E-state index in [0.717, 1.165) is 5.56 Å². The molecule has 0 radical (unpaired) electrons. The number of benzene rings is 1. The third kappa shape index (κ3) is 5.71. The molecule has 2 N–H and O–H groups in total. The number of hydrogen-bond donors (Lipinski definition) is 2. The Bertz CT molecular complexity index is 439. The van der Waals surface area contributed by atoms with E-state index < -0.39 is 6.10 Å². The van der Waals surface area contributed by atoms with Gasteiger partial charge in [-0.25, -0.2) is 0 Å². The van der Waals surface area contributed by atoms with Crippen LogP contribution in [0.25, 0.3) is 6.08 Å². The second kappa shape index (κ2) is 6.53. The maximum atomic E-state index is 11.4. The fraction of sp³-hybridized carbons (Fsp3) is 0.438. The van der Waals surface area contributed by atoms with E-state index in [1.807, 2.05) is 12.1 Å². The summed E-state index contributed by atoms with van der Waals surface area (Å²) in [6, 6.07) is 8.15. The van der Waals surface area contributed by atoms with Crippen molar-refractivity contribution in [2.24, 2.45) is 0 Å². The first-order valence-electron chi connectivity index (χ1n) is 6.53. The lowest BCUT2D eigenvalue weighted by atomic mass is 9.87. The summed E-state index contributed by atoms with van der Waals surface area (Å²) in [5.74, 6) is -0.194. The summed E-state index contributed by atoms with van der Waals surface area (Å²) in [5.41, 5.74) is 2.39. The summed E-state index contributed by atoms with van der Waals surface area (Å²) in [6.45, 7) is 8.41. The Labute approximate surface area is 115 Å². The zero-order chi connectivity index (χ0) is 14.5. The van der Waals surface area contributed by atoms with E-state index in [4.69, 9.17) is 5.11 Å². The molecule has 1 unspecified atom stereocenters. The molecule has 0 saturated heterocycles. The largest absolute Gasteiger partial charge is 0.392 e. The number of rotatable bonds is 4. The molecule has 0 bridgehead atoms. The van der Waals surface area contributed by atoms with Gasteiger partial charge < -0.3 is 10.4 Å². The van der Waals surface area contributed by atoms with Gasteiger partial charge in [-0.3, -0.25) is 4.79 Å². The number of aliphatic hydroxyl groups is 1. The minimum absolute atomic E-state index is 0.136. The Kier molecular flexibility index (Phi) is 5.31. The Hall–Kier alpha value is -1.61. The molecule has 19 heavy (non-hydrogen) atoms. The van der Waals surface area contributed by atoms with E-state index in [2.05, 4.69) is 38.2 Å². The van der Waals surface area contributed by atoms with Crippen LogP contribution >= 0.6 is 0 Å². The third-order valence-corrected chi connectivity index (χ3v) is 2.78. The van der Waals surface area contributed by atoms with Crippen LogP contribution < -0.4 is 5.32 Å². The predicted molar refractivity (Wildman–Crippen MR) is 78.9 cm³/mol. The number of carbonyl (C=O) groups is 1. The van der Waals surface area contributed by atoms with Crippen LogP contribution in [0.15, 0.2) is 30.3 Å². The Morgan fingerprint density at radius 1 is 1.32 bits per heavy atom. The summed E-state index contributed by atoms with van der Waals surface area (Å²) in [5, 5.41) is 11.7. The maximum Gasteiger partial charge on any atom is 0.244 e. The highest BCUT2D eigenvalue weighted by Gasteiger charge is 2.12. The lowest BCUT2D eigenvalue weighted by Crippen LogP contribution is -2.28. The first kappa shape index (κ1) is 15.4. The molecule has 1 amide bonds. The van der Waals surface area contributed by atoms with Crippen LogP contribution in [0.3, 0.4) is 0 Å². The second-order valence-corrected chi connectivity index (χ2v) is 5.80. The van der Waals surface area contributed by atoms with Crippen LogP contribution in [0.2, 0.25) is 0 Å². The normalized spacial score (nSPS) is 13.5. The van der Waals surface area contributed by atoms with Gasteiger partial charge in [0, 0.05) is 12.6 Å². The molecule has 0 aliphatic carbocycles. The lowest BCUT2D eigenvalue weighted by Gasteiger charge is -2.18. The first-order valence-corrected chi connectivity index (χ1v) is 6.53. The first-order chi connectivity index (χ1) is 8.79. The van der Waals surface area contributed by atoms with Crippen molar-refractivity contribution < 1.29 is 9.90 Å². The van der Waals surface area contributed by atoms with Gasteiger partial charge in [0.05, 0.1) is 6.10 Å². The van der Waals surface area contributed by atoms with Gasteiger partial charge in [0.15, 0.2) is 0 Å². The van der Waals surface area contributed by atoms with Crippen molar-refractivity contribution in [2.75, 3.05) is 6.54 Å². The zero-order valence-electron chi connectivity index (χ0n) is 12.1. The molecular formula is C16H23NO2. The van der Waals surface area contributed by atoms with Crippen LogP contribution in [0, 0.1) is 0 Å². The standard InChI is InChI=1S/C16H23NO2/c1-12(18)11-17-15(19)10-7-13-5-8-14(9-6-13)16(2,3)4/h5-10,12,18H,11H2,1-4H3,(H,17,19)/b10-7+. The van der Waals surface area contributed by atoms with E-state index >= 15 is 0 Å². The van der Waals surface area contributed by atoms with Gasteiger partial charge in [-0.05, 0) is 29.5 Å². The highest BCUT2D eigenvalue weighted by atomic mass is 16.3. The molecule has 0 aliphatic heterocycles. The molecule has 1 rings (SSSR count). The van der Waals surface area contributed by atoms with Crippen LogP contribution in [0.5, 0.6) is 0 Å². The predicted octanol–water partition coefficient (Wildman–Crippen LogP) is 2.49. The molecule has 0 spiro atoms. The van der Waals surface area contributed by atoms with Crippen LogP contribution in [0.4, 0.5) is 0 Å². The minimum Gasteiger partial charge on any atom is -0.392 e. The van der Waals surface area contributed by atoms with Crippen LogP contribution in [-0.4, -0.2) is 23.7 Å². The quantitative estimate of drug-likeness (QED) is 0.818. The van der Waals surface area contributed by atoms with Crippen molar-refractivity contribution in [1.29, 1.82) is 0 Å². The summed E-state index contributed by atoms with van der Waals surface area (Å²) in [6.07, 6.45) is 2.72. The minimum atomic E-state index is -0.525. The molecule has 0 heterocycles. The summed E-state index contributed by atoms with van der Waals surface area (Å²) in [4.78, 5) is 11.4. The number of nitrogens with one attached hydrogen (secondary N) is 1. The van der Waals surface area contributed by atoms with Gasteiger partial charge in [-0.15, -0.1) is 0 Å². The van der Waals surface area contributed by atoms with Crippen molar-refractivity contribution in [3.8, 4) is 0 Å². The van der Waals surface area contributed by atoms with Crippen molar-refractivity contribution in [3.63, 3.8) is 0 Å². The van der Waals surface area contributed by atoms with Crippen molar-refractivity contribution in [1.82, 2.24) is 5.32 Å². The molecule has 1 aromatic rings. The van der Waals surface area contributed by atoms with Gasteiger partial charge in [0.25, 0.3) is 0 Å². The number of hydrogen-bond acceptors (Lipinski definition) is 2. The smallest absolute Gasteiger partial charge is 0.244 e. The molecule has 0 saturated carbocycles. The topological polar surface area (TPSA) is 49.3 Å². The van der Waals surface area contributed by atoms with Gasteiger partial charge in [0.1, 0.15) is 0 Å². The Balaban J connectivity index is 2.60. The number of aliphatic hydroxyl groups excluding tert-OH is 1. The Morgan fingerprint density at radius 2 is 1.89 bits per heavy atom. The highest BCUT2D eigenvalue weighted by molar-refractivity contribution is 5.91. The summed E-state index contributed by atoms with van der Waals surface area (Å²) in [7, 11) is 0. The van der Waals surface area contributed by atoms with E-state index in [1.54, 1.807) is 13.0 Å². The Morgan fingerprint density at radius 3 is 2.37 bits per heavy atom. The molecule has 104 valence electrons. The fourth-order valence-corrected chi connectivity index (χ4v) is 1.57. The van der Waals surface area contributed by atoms with Gasteiger partial charge in [-0.1, -0.05) is 45.0 Å².